The van der Waals surface area contributed by atoms with Gasteiger partial charge in [0.05, 0.1) is 25.7 Å². The molecule has 2 heterocycles. The Bertz CT molecular complexity index is 1120. The highest BCUT2D eigenvalue weighted by atomic mass is 19.4. The second-order valence-electron chi connectivity index (χ2n) is 9.69. The Balaban J connectivity index is 1.40. The van der Waals surface area contributed by atoms with Crippen LogP contribution >= 0.6 is 0 Å². The SMILES string of the molecule is CC(C)NC(=O)[C@H]1CC[C@H]1Nc1nc(Nc2ccc(NC(=O)CN3CCOCC3)cc2)ncc1C(F)(F)F. The van der Waals surface area contributed by atoms with Crippen molar-refractivity contribution < 1.29 is 27.5 Å². The third kappa shape index (κ3) is 7.32. The molecule has 1 aromatic carbocycles. The van der Waals surface area contributed by atoms with Crippen LogP contribution in [0, 0.1) is 5.92 Å². The summed E-state index contributed by atoms with van der Waals surface area (Å²) in [5.74, 6) is -1.19. The number of aromatic nitrogens is 2. The normalized spacial score (nSPS) is 19.9. The number of carbonyl (C=O) groups excluding carboxylic acids is 2. The first-order chi connectivity index (χ1) is 18.1. The molecule has 38 heavy (non-hydrogen) atoms. The summed E-state index contributed by atoms with van der Waals surface area (Å²) in [6, 6.07) is 6.16. The summed E-state index contributed by atoms with van der Waals surface area (Å²) in [6.45, 7) is 6.53. The van der Waals surface area contributed by atoms with E-state index in [-0.39, 0.29) is 36.2 Å². The summed E-state index contributed by atoms with van der Waals surface area (Å²) < 4.78 is 46.2. The number of benzene rings is 1. The van der Waals surface area contributed by atoms with Gasteiger partial charge < -0.3 is 26.0 Å². The molecule has 206 valence electrons. The molecule has 1 saturated heterocycles. The van der Waals surface area contributed by atoms with Gasteiger partial charge in [-0.1, -0.05) is 0 Å². The monoisotopic (exact) mass is 535 g/mol. The molecule has 0 spiro atoms. The lowest BCUT2D eigenvalue weighted by molar-refractivity contribution is -0.137. The van der Waals surface area contributed by atoms with E-state index in [9.17, 15) is 22.8 Å². The van der Waals surface area contributed by atoms with Crippen molar-refractivity contribution in [2.75, 3.05) is 48.8 Å². The van der Waals surface area contributed by atoms with Crippen molar-refractivity contribution in [3.8, 4) is 0 Å². The maximum absolute atomic E-state index is 13.6. The summed E-state index contributed by atoms with van der Waals surface area (Å²) >= 11 is 0. The van der Waals surface area contributed by atoms with Crippen molar-refractivity contribution in [1.82, 2.24) is 20.2 Å². The highest BCUT2D eigenvalue weighted by Gasteiger charge is 2.40. The van der Waals surface area contributed by atoms with Gasteiger partial charge in [0.1, 0.15) is 11.4 Å². The number of ether oxygens (including phenoxy) is 1. The van der Waals surface area contributed by atoms with Gasteiger partial charge in [-0.25, -0.2) is 4.98 Å². The smallest absolute Gasteiger partial charge is 0.379 e. The lowest BCUT2D eigenvalue weighted by atomic mass is 9.78. The lowest BCUT2D eigenvalue weighted by Crippen LogP contribution is -2.49. The van der Waals surface area contributed by atoms with Crippen LogP contribution in [0.5, 0.6) is 0 Å². The molecule has 1 aliphatic carbocycles. The number of carbonyl (C=O) groups is 2. The van der Waals surface area contributed by atoms with Crippen LogP contribution in [0.25, 0.3) is 0 Å². The number of hydrogen-bond acceptors (Lipinski definition) is 8. The standard InChI is InChI=1S/C25H32F3N7O3/c1-15(2)30-23(37)18-7-8-20(18)33-22-19(25(26,27)28)13-29-24(34-22)32-17-5-3-16(4-6-17)31-21(36)14-35-9-11-38-12-10-35/h3-6,13,15,18,20H,7-12,14H2,1-2H3,(H,30,37)(H,31,36)(H2,29,32,33,34)/t18-,20+/m0/s1. The number of anilines is 4. The number of hydrogen-bond donors (Lipinski definition) is 4. The summed E-state index contributed by atoms with van der Waals surface area (Å²) in [5.41, 5.74) is 0.108. The van der Waals surface area contributed by atoms with E-state index >= 15 is 0 Å². The van der Waals surface area contributed by atoms with Crippen molar-refractivity contribution in [3.63, 3.8) is 0 Å². The number of rotatable bonds is 9. The minimum Gasteiger partial charge on any atom is -0.379 e. The molecule has 13 heteroatoms. The van der Waals surface area contributed by atoms with E-state index in [0.717, 1.165) is 6.20 Å². The fraction of sp³-hybridized carbons (Fsp3) is 0.520. The van der Waals surface area contributed by atoms with Gasteiger partial charge >= 0.3 is 6.18 Å². The molecule has 2 amide bonds. The molecule has 0 bridgehead atoms. The zero-order valence-corrected chi connectivity index (χ0v) is 21.3. The quantitative estimate of drug-likeness (QED) is 0.386. The van der Waals surface area contributed by atoms with Crippen LogP contribution in [0.15, 0.2) is 30.5 Å². The Hall–Kier alpha value is -3.45. The Labute approximate surface area is 218 Å². The summed E-state index contributed by atoms with van der Waals surface area (Å²) in [7, 11) is 0. The second kappa shape index (κ2) is 11.9. The van der Waals surface area contributed by atoms with Crippen LogP contribution in [0.1, 0.15) is 32.3 Å². The number of alkyl halides is 3. The molecule has 2 aliphatic rings. The largest absolute Gasteiger partial charge is 0.421 e. The molecular weight excluding hydrogens is 503 g/mol. The first-order valence-corrected chi connectivity index (χ1v) is 12.6. The van der Waals surface area contributed by atoms with Crippen molar-refractivity contribution >= 4 is 35.0 Å². The molecular formula is C25H32F3N7O3. The minimum absolute atomic E-state index is 0.0351. The van der Waals surface area contributed by atoms with Crippen LogP contribution < -0.4 is 21.3 Å². The van der Waals surface area contributed by atoms with Crippen molar-refractivity contribution in [2.24, 2.45) is 5.92 Å². The van der Waals surface area contributed by atoms with E-state index in [4.69, 9.17) is 4.74 Å². The van der Waals surface area contributed by atoms with Crippen LogP contribution in [0.4, 0.5) is 36.3 Å². The maximum atomic E-state index is 13.6. The van der Waals surface area contributed by atoms with Gasteiger partial charge in [-0.05, 0) is 51.0 Å². The van der Waals surface area contributed by atoms with Crippen molar-refractivity contribution in [1.29, 1.82) is 0 Å². The third-order valence-corrected chi connectivity index (χ3v) is 6.35. The highest BCUT2D eigenvalue weighted by molar-refractivity contribution is 5.92. The molecule has 10 nitrogen and oxygen atoms in total. The zero-order chi connectivity index (χ0) is 27.3. The minimum atomic E-state index is -4.67. The molecule has 4 N–H and O–H groups in total. The number of halogens is 3. The van der Waals surface area contributed by atoms with Crippen LogP contribution in [0.3, 0.4) is 0 Å². The predicted molar refractivity (Wildman–Crippen MR) is 136 cm³/mol. The first kappa shape index (κ1) is 27.6. The first-order valence-electron chi connectivity index (χ1n) is 12.6. The van der Waals surface area contributed by atoms with Gasteiger partial charge in [0.2, 0.25) is 17.8 Å². The van der Waals surface area contributed by atoms with Gasteiger partial charge in [-0.2, -0.15) is 18.2 Å². The van der Waals surface area contributed by atoms with Crippen molar-refractivity contribution in [2.45, 2.75) is 44.9 Å². The van der Waals surface area contributed by atoms with Crippen LogP contribution in [-0.2, 0) is 20.5 Å². The van der Waals surface area contributed by atoms with E-state index in [0.29, 0.717) is 50.5 Å². The van der Waals surface area contributed by atoms with E-state index < -0.39 is 23.7 Å². The van der Waals surface area contributed by atoms with E-state index in [2.05, 4.69) is 31.2 Å². The molecule has 2 fully saturated rings. The molecule has 0 radical (unpaired) electrons. The summed E-state index contributed by atoms with van der Waals surface area (Å²) in [6.07, 6.45) is -2.80. The predicted octanol–water partition coefficient (Wildman–Crippen LogP) is 3.22. The lowest BCUT2D eigenvalue weighted by Gasteiger charge is -2.37. The van der Waals surface area contributed by atoms with E-state index in [1.54, 1.807) is 24.3 Å². The van der Waals surface area contributed by atoms with Gasteiger partial charge in [0.25, 0.3) is 0 Å². The fourth-order valence-corrected chi connectivity index (χ4v) is 4.24. The molecule has 1 aliphatic heterocycles. The van der Waals surface area contributed by atoms with Crippen molar-refractivity contribution in [3.05, 3.63) is 36.0 Å². The number of amides is 2. The Morgan fingerprint density at radius 2 is 1.79 bits per heavy atom. The zero-order valence-electron chi connectivity index (χ0n) is 21.3. The highest BCUT2D eigenvalue weighted by Crippen LogP contribution is 2.37. The Morgan fingerprint density at radius 3 is 2.39 bits per heavy atom. The molecule has 2 aromatic rings. The topological polar surface area (TPSA) is 121 Å². The van der Waals surface area contributed by atoms with Gasteiger partial charge in [-0.3, -0.25) is 14.5 Å². The molecule has 1 saturated carbocycles. The van der Waals surface area contributed by atoms with E-state index in [1.165, 1.54) is 0 Å². The molecule has 1 aromatic heterocycles. The van der Waals surface area contributed by atoms with Crippen LogP contribution in [-0.4, -0.2) is 71.6 Å². The van der Waals surface area contributed by atoms with Gasteiger partial charge in [-0.15, -0.1) is 0 Å². The fourth-order valence-electron chi connectivity index (χ4n) is 4.24. The third-order valence-electron chi connectivity index (χ3n) is 6.35. The van der Waals surface area contributed by atoms with Gasteiger partial charge in [0, 0.05) is 42.7 Å². The average Bonchev–Trinajstić information content (AvgIpc) is 2.82. The number of morpholine rings is 1. The van der Waals surface area contributed by atoms with E-state index in [1.807, 2.05) is 18.7 Å². The summed E-state index contributed by atoms with van der Waals surface area (Å²) in [5, 5.41) is 11.3. The Morgan fingerprint density at radius 1 is 1.11 bits per heavy atom. The molecule has 4 rings (SSSR count). The average molecular weight is 536 g/mol. The van der Waals surface area contributed by atoms with Gasteiger partial charge in [0.15, 0.2) is 0 Å². The second-order valence-corrected chi connectivity index (χ2v) is 9.69. The molecule has 2 atom stereocenters. The maximum Gasteiger partial charge on any atom is 0.421 e. The number of nitrogens with one attached hydrogen (secondary N) is 4. The molecule has 0 unspecified atom stereocenters. The Kier molecular flexibility index (Phi) is 8.67. The summed E-state index contributed by atoms with van der Waals surface area (Å²) in [4.78, 5) is 34.6. The van der Waals surface area contributed by atoms with Crippen LogP contribution in [0.2, 0.25) is 0 Å². The number of nitrogens with zero attached hydrogens (tertiary/aromatic N) is 3.